The average Bonchev–Trinajstić information content (AvgIpc) is 3.02. The van der Waals surface area contributed by atoms with Crippen LogP contribution in [0.2, 0.25) is 0 Å². The molecule has 0 amide bonds. The molecule has 2 heterocycles. The van der Waals surface area contributed by atoms with Crippen molar-refractivity contribution in [3.05, 3.63) is 70.9 Å². The molecule has 0 spiro atoms. The number of H-pyrrole nitrogens is 1. The Balaban J connectivity index is 2.03. The number of hydrogen-bond acceptors (Lipinski definition) is 1. The van der Waals surface area contributed by atoms with Crippen LogP contribution < -0.4 is 10.6 Å². The van der Waals surface area contributed by atoms with E-state index < -0.39 is 0 Å². The molecule has 0 radical (unpaired) electrons. The van der Waals surface area contributed by atoms with E-state index in [1.807, 2.05) is 6.07 Å². The van der Waals surface area contributed by atoms with E-state index in [1.165, 1.54) is 27.4 Å². The lowest BCUT2D eigenvalue weighted by atomic mass is 10.1. The molecular weight excluding hydrogens is 220 g/mol. The molecule has 1 aromatic heterocycles. The molecule has 18 heavy (non-hydrogen) atoms. The van der Waals surface area contributed by atoms with Crippen molar-refractivity contribution in [1.29, 1.82) is 0 Å². The summed E-state index contributed by atoms with van der Waals surface area (Å²) < 4.78 is 0. The zero-order valence-corrected chi connectivity index (χ0v) is 9.85. The van der Waals surface area contributed by atoms with E-state index in [1.54, 1.807) is 0 Å². The molecule has 3 aromatic rings. The molecule has 0 atom stereocenters. The molecule has 2 nitrogen and oxygen atoms in total. The highest BCUT2D eigenvalue weighted by molar-refractivity contribution is 5.85. The highest BCUT2D eigenvalue weighted by atomic mass is 14.8. The fourth-order valence-electron chi connectivity index (χ4n) is 2.58. The second-order valence-electron chi connectivity index (χ2n) is 4.58. The number of rotatable bonds is 1. The van der Waals surface area contributed by atoms with Crippen molar-refractivity contribution in [3.8, 4) is 0 Å². The number of para-hydroxylation sites is 2. The molecule has 4 rings (SSSR count). The largest absolute Gasteiger partial charge is 0.355 e. The first kappa shape index (κ1) is 9.66. The molecule has 2 heteroatoms. The highest BCUT2D eigenvalue weighted by Crippen LogP contribution is 2.19. The van der Waals surface area contributed by atoms with Gasteiger partial charge in [-0.25, -0.2) is 0 Å². The van der Waals surface area contributed by atoms with Gasteiger partial charge in [-0.15, -0.1) is 0 Å². The Morgan fingerprint density at radius 3 is 2.72 bits per heavy atom. The standard InChI is InChI=1S/C16H12N2/c1-3-7-14-11(5-1)9-16(18-14)13-10-17-15-8-4-2-6-12(13)15/h1-9,18H,10H2. The maximum atomic E-state index is 4.57. The van der Waals surface area contributed by atoms with Crippen LogP contribution in [0, 0.1) is 0 Å². The number of nitrogens with one attached hydrogen (secondary N) is 1. The van der Waals surface area contributed by atoms with Crippen LogP contribution in [0.25, 0.3) is 16.5 Å². The van der Waals surface area contributed by atoms with E-state index in [9.17, 15) is 0 Å². The van der Waals surface area contributed by atoms with Gasteiger partial charge in [0.2, 0.25) is 0 Å². The van der Waals surface area contributed by atoms with Gasteiger partial charge in [-0.05, 0) is 23.6 Å². The van der Waals surface area contributed by atoms with E-state index in [0.29, 0.717) is 0 Å². The Morgan fingerprint density at radius 1 is 0.944 bits per heavy atom. The monoisotopic (exact) mass is 232 g/mol. The second-order valence-corrected chi connectivity index (χ2v) is 4.58. The zero-order chi connectivity index (χ0) is 11.9. The van der Waals surface area contributed by atoms with Gasteiger partial charge in [0.1, 0.15) is 0 Å². The van der Waals surface area contributed by atoms with Gasteiger partial charge in [0.25, 0.3) is 0 Å². The summed E-state index contributed by atoms with van der Waals surface area (Å²) in [7, 11) is 0. The fraction of sp³-hybridized carbons (Fsp3) is 0.0625. The number of aromatic nitrogens is 1. The van der Waals surface area contributed by atoms with Crippen LogP contribution in [0.3, 0.4) is 0 Å². The van der Waals surface area contributed by atoms with Crippen molar-refractivity contribution in [2.75, 3.05) is 6.54 Å². The van der Waals surface area contributed by atoms with Gasteiger partial charge in [0.15, 0.2) is 0 Å². The molecule has 0 unspecified atom stereocenters. The molecule has 1 aliphatic rings. The van der Waals surface area contributed by atoms with Gasteiger partial charge in [-0.1, -0.05) is 36.4 Å². The van der Waals surface area contributed by atoms with Gasteiger partial charge in [0.05, 0.1) is 11.9 Å². The molecule has 2 aromatic carbocycles. The number of hydrogen-bond donors (Lipinski definition) is 1. The van der Waals surface area contributed by atoms with Gasteiger partial charge in [0, 0.05) is 22.0 Å². The summed E-state index contributed by atoms with van der Waals surface area (Å²) in [6.45, 7) is 0.770. The lowest BCUT2D eigenvalue weighted by Crippen LogP contribution is -2.22. The van der Waals surface area contributed by atoms with Crippen molar-refractivity contribution in [1.82, 2.24) is 4.98 Å². The Morgan fingerprint density at radius 2 is 1.78 bits per heavy atom. The number of nitrogens with zero attached hydrogens (tertiary/aromatic N) is 1. The molecule has 0 bridgehead atoms. The third kappa shape index (κ3) is 1.32. The summed E-state index contributed by atoms with van der Waals surface area (Å²) in [5.41, 5.74) is 3.66. The Kier molecular flexibility index (Phi) is 1.92. The van der Waals surface area contributed by atoms with Crippen LogP contribution >= 0.6 is 0 Å². The summed E-state index contributed by atoms with van der Waals surface area (Å²) in [5, 5.41) is 3.61. The zero-order valence-electron chi connectivity index (χ0n) is 9.85. The quantitative estimate of drug-likeness (QED) is 0.665. The first-order chi connectivity index (χ1) is 8.92. The molecule has 0 saturated heterocycles. The van der Waals surface area contributed by atoms with Crippen LogP contribution in [-0.2, 0) is 0 Å². The van der Waals surface area contributed by atoms with E-state index in [0.717, 1.165) is 11.9 Å². The molecular formula is C16H12N2. The van der Waals surface area contributed by atoms with Gasteiger partial charge in [-0.3, -0.25) is 4.99 Å². The van der Waals surface area contributed by atoms with E-state index >= 15 is 0 Å². The van der Waals surface area contributed by atoms with Crippen molar-refractivity contribution in [2.24, 2.45) is 4.99 Å². The lowest BCUT2D eigenvalue weighted by Gasteiger charge is -1.96. The number of fused-ring (bicyclic) bond motifs is 2. The molecule has 86 valence electrons. The normalized spacial score (nSPS) is 13.7. The summed E-state index contributed by atoms with van der Waals surface area (Å²) in [6, 6.07) is 18.9. The third-order valence-corrected chi connectivity index (χ3v) is 3.49. The van der Waals surface area contributed by atoms with Crippen molar-refractivity contribution in [2.45, 2.75) is 0 Å². The topological polar surface area (TPSA) is 28.1 Å². The van der Waals surface area contributed by atoms with Crippen LogP contribution in [-0.4, -0.2) is 11.5 Å². The Bertz CT molecular complexity index is 823. The smallest absolute Gasteiger partial charge is 0.0674 e. The van der Waals surface area contributed by atoms with Gasteiger partial charge < -0.3 is 4.98 Å². The summed E-state index contributed by atoms with van der Waals surface area (Å²) in [6.07, 6.45) is 0. The van der Waals surface area contributed by atoms with E-state index in [2.05, 4.69) is 58.5 Å². The molecule has 1 aliphatic heterocycles. The molecule has 0 fully saturated rings. The van der Waals surface area contributed by atoms with Crippen molar-refractivity contribution in [3.63, 3.8) is 0 Å². The van der Waals surface area contributed by atoms with E-state index in [4.69, 9.17) is 0 Å². The predicted molar refractivity (Wildman–Crippen MR) is 72.9 cm³/mol. The number of benzene rings is 2. The molecule has 0 saturated carbocycles. The first-order valence-electron chi connectivity index (χ1n) is 6.13. The highest BCUT2D eigenvalue weighted by Gasteiger charge is 2.10. The Labute approximate surface area is 104 Å². The van der Waals surface area contributed by atoms with Crippen molar-refractivity contribution < 1.29 is 0 Å². The van der Waals surface area contributed by atoms with Gasteiger partial charge in [-0.2, -0.15) is 0 Å². The lowest BCUT2D eigenvalue weighted by molar-refractivity contribution is 1.20. The minimum Gasteiger partial charge on any atom is -0.355 e. The summed E-state index contributed by atoms with van der Waals surface area (Å²) in [4.78, 5) is 8.05. The maximum Gasteiger partial charge on any atom is 0.0674 e. The van der Waals surface area contributed by atoms with Gasteiger partial charge >= 0.3 is 0 Å². The SMILES string of the molecule is c1ccc2c(c1)=NCC=2c1cc2ccccc2[nH]1. The predicted octanol–water partition coefficient (Wildman–Crippen LogP) is 2.00. The fourth-order valence-corrected chi connectivity index (χ4v) is 2.58. The third-order valence-electron chi connectivity index (χ3n) is 3.49. The van der Waals surface area contributed by atoms with Crippen LogP contribution in [0.4, 0.5) is 0 Å². The molecule has 0 aliphatic carbocycles. The average molecular weight is 232 g/mol. The Hall–Kier alpha value is -2.35. The van der Waals surface area contributed by atoms with E-state index in [-0.39, 0.29) is 0 Å². The summed E-state index contributed by atoms with van der Waals surface area (Å²) in [5.74, 6) is 0. The minimum atomic E-state index is 0.770. The van der Waals surface area contributed by atoms with Crippen LogP contribution in [0.15, 0.2) is 59.6 Å². The maximum absolute atomic E-state index is 4.57. The number of aromatic amines is 1. The van der Waals surface area contributed by atoms with Crippen LogP contribution in [0.5, 0.6) is 0 Å². The first-order valence-corrected chi connectivity index (χ1v) is 6.13. The molecule has 1 N–H and O–H groups in total. The minimum absolute atomic E-state index is 0.770. The van der Waals surface area contributed by atoms with Crippen molar-refractivity contribution >= 4 is 16.5 Å². The second kappa shape index (κ2) is 3.57. The summed E-state index contributed by atoms with van der Waals surface area (Å²) >= 11 is 0. The van der Waals surface area contributed by atoms with Crippen LogP contribution in [0.1, 0.15) is 5.69 Å².